The van der Waals surface area contributed by atoms with Crippen molar-refractivity contribution in [1.82, 2.24) is 34.6 Å². The Morgan fingerprint density at radius 1 is 0.862 bits per heavy atom. The summed E-state index contributed by atoms with van der Waals surface area (Å²) >= 11 is 0. The Morgan fingerprint density at radius 2 is 1.57 bits per heavy atom. The lowest BCUT2D eigenvalue weighted by molar-refractivity contribution is -0.189. The van der Waals surface area contributed by atoms with E-state index in [4.69, 9.17) is 0 Å². The first-order chi connectivity index (χ1) is 28.2. The van der Waals surface area contributed by atoms with E-state index in [-0.39, 0.29) is 62.6 Å². The van der Waals surface area contributed by atoms with Gasteiger partial charge in [-0.1, -0.05) is 84.9 Å². The van der Waals surface area contributed by atoms with Crippen LogP contribution in [0.3, 0.4) is 0 Å². The number of nitrogens with one attached hydrogen (secondary N) is 1. The summed E-state index contributed by atoms with van der Waals surface area (Å²) < 4.78 is 1.95. The molecule has 4 aromatic carbocycles. The summed E-state index contributed by atoms with van der Waals surface area (Å²) in [5.74, 6) is -0.461. The van der Waals surface area contributed by atoms with Crippen LogP contribution in [0.4, 0.5) is 10.5 Å². The lowest BCUT2D eigenvalue weighted by Gasteiger charge is -2.55. The number of fused-ring (bicyclic) bond motifs is 2. The van der Waals surface area contributed by atoms with Crippen LogP contribution >= 0.6 is 0 Å². The number of carbonyl (C=O) groups excluding carboxylic acids is 4. The van der Waals surface area contributed by atoms with Gasteiger partial charge in [0.15, 0.2) is 0 Å². The molecule has 5 amide bonds. The van der Waals surface area contributed by atoms with E-state index >= 15 is 0 Å². The number of nitrogens with zero attached hydrogens (tertiary/aromatic N) is 7. The number of piperazine rings is 2. The standard InChI is InChI=1S/C45H48N8O5/c1-3-21-51-31-41(55)52-39(26-32-17-19-36(54)20-18-32)44(57)50(30-40(52)53(51)45(58)46-27-33-11-6-4-7-12-33)28-34-13-10-16-37-38(29-47(2)42(34)37)43(56)49-24-22-48(23-25-49)35-14-8-5-9-15-35/h3-20,29,39-40,54H,1,21-28,30-31H2,2H3,(H,46,58)/t39-,40-/m0/s1. The molecule has 298 valence electrons. The van der Waals surface area contributed by atoms with E-state index < -0.39 is 18.2 Å². The summed E-state index contributed by atoms with van der Waals surface area (Å²) in [5, 5.41) is 17.1. The third kappa shape index (κ3) is 7.60. The highest BCUT2D eigenvalue weighted by Gasteiger charge is 2.51. The zero-order chi connectivity index (χ0) is 40.3. The van der Waals surface area contributed by atoms with Gasteiger partial charge in [0, 0.05) is 76.6 Å². The monoisotopic (exact) mass is 780 g/mol. The van der Waals surface area contributed by atoms with Crippen molar-refractivity contribution in [2.24, 2.45) is 7.05 Å². The molecule has 0 unspecified atom stereocenters. The molecule has 1 aromatic heterocycles. The molecule has 3 fully saturated rings. The van der Waals surface area contributed by atoms with Gasteiger partial charge in [-0.2, -0.15) is 0 Å². The van der Waals surface area contributed by atoms with Crippen LogP contribution in [0.25, 0.3) is 10.9 Å². The van der Waals surface area contributed by atoms with Gasteiger partial charge in [-0.05, 0) is 41.0 Å². The summed E-state index contributed by atoms with van der Waals surface area (Å²) in [6.45, 7) is 7.21. The number of aryl methyl sites for hydroxylation is 1. The fraction of sp³-hybridized carbons (Fsp3) is 0.289. The summed E-state index contributed by atoms with van der Waals surface area (Å²) in [6.07, 6.45) is 2.89. The molecule has 2 N–H and O–H groups in total. The molecule has 3 aliphatic heterocycles. The molecule has 0 aliphatic carbocycles. The second kappa shape index (κ2) is 16.5. The van der Waals surface area contributed by atoms with Crippen molar-refractivity contribution in [1.29, 1.82) is 0 Å². The molecule has 13 nitrogen and oxygen atoms in total. The third-order valence-corrected chi connectivity index (χ3v) is 11.4. The molecule has 8 rings (SSSR count). The molecule has 4 heterocycles. The number of phenolic OH excluding ortho intramolecular Hbond substituents is 1. The number of urea groups is 1. The molecule has 0 saturated carbocycles. The quantitative estimate of drug-likeness (QED) is 0.199. The van der Waals surface area contributed by atoms with Gasteiger partial charge in [0.1, 0.15) is 18.0 Å². The largest absolute Gasteiger partial charge is 0.508 e. The van der Waals surface area contributed by atoms with Crippen LogP contribution < -0.4 is 10.2 Å². The fourth-order valence-corrected chi connectivity index (χ4v) is 8.59. The van der Waals surface area contributed by atoms with E-state index in [2.05, 4.69) is 28.9 Å². The molecule has 0 radical (unpaired) electrons. The van der Waals surface area contributed by atoms with Gasteiger partial charge >= 0.3 is 6.03 Å². The normalized spacial score (nSPS) is 18.7. The van der Waals surface area contributed by atoms with Crippen LogP contribution in [0.1, 0.15) is 27.0 Å². The van der Waals surface area contributed by atoms with Gasteiger partial charge in [-0.3, -0.25) is 14.4 Å². The Bertz CT molecular complexity index is 2310. The summed E-state index contributed by atoms with van der Waals surface area (Å²) in [6, 6.07) is 30.9. The van der Waals surface area contributed by atoms with E-state index in [1.807, 2.05) is 89.4 Å². The zero-order valence-corrected chi connectivity index (χ0v) is 32.6. The Balaban J connectivity index is 1.09. The first-order valence-corrected chi connectivity index (χ1v) is 19.7. The number of phenols is 1. The maximum absolute atomic E-state index is 14.7. The van der Waals surface area contributed by atoms with Gasteiger partial charge in [0.25, 0.3) is 5.91 Å². The van der Waals surface area contributed by atoms with E-state index in [1.165, 1.54) is 0 Å². The third-order valence-electron chi connectivity index (χ3n) is 11.4. The molecule has 3 saturated heterocycles. The second-order valence-electron chi connectivity index (χ2n) is 15.1. The Labute approximate surface area is 337 Å². The summed E-state index contributed by atoms with van der Waals surface area (Å²) in [7, 11) is 1.91. The van der Waals surface area contributed by atoms with Crippen LogP contribution in [0.15, 0.2) is 122 Å². The number of hydrogen-bond donors (Lipinski definition) is 2. The number of amides is 5. The molecule has 58 heavy (non-hydrogen) atoms. The smallest absolute Gasteiger partial charge is 0.334 e. The zero-order valence-electron chi connectivity index (χ0n) is 32.6. The number of benzene rings is 4. The number of hydrogen-bond acceptors (Lipinski definition) is 7. The van der Waals surface area contributed by atoms with Crippen molar-refractivity contribution >= 4 is 40.3 Å². The number of aromatic hydroxyl groups is 1. The van der Waals surface area contributed by atoms with Crippen LogP contribution in [0.2, 0.25) is 0 Å². The lowest BCUT2D eigenvalue weighted by Crippen LogP contribution is -2.76. The Kier molecular flexibility index (Phi) is 10.9. The first-order valence-electron chi connectivity index (χ1n) is 19.7. The summed E-state index contributed by atoms with van der Waals surface area (Å²) in [4.78, 5) is 64.6. The Hall–Kier alpha value is -6.60. The number of rotatable bonds is 10. The molecule has 0 bridgehead atoms. The van der Waals surface area contributed by atoms with Crippen molar-refractivity contribution in [3.8, 4) is 5.75 Å². The van der Waals surface area contributed by atoms with Gasteiger partial charge < -0.3 is 34.6 Å². The maximum Gasteiger partial charge on any atom is 0.334 e. The van der Waals surface area contributed by atoms with Crippen molar-refractivity contribution in [3.05, 3.63) is 144 Å². The molecule has 3 aliphatic rings. The van der Waals surface area contributed by atoms with Crippen LogP contribution in [0.5, 0.6) is 5.75 Å². The molecule has 5 aromatic rings. The van der Waals surface area contributed by atoms with E-state index in [0.717, 1.165) is 46.4 Å². The van der Waals surface area contributed by atoms with Crippen molar-refractivity contribution in [2.75, 3.05) is 50.7 Å². The number of carbonyl (C=O) groups is 4. The first kappa shape index (κ1) is 38.3. The second-order valence-corrected chi connectivity index (χ2v) is 15.1. The molecule has 13 heteroatoms. The van der Waals surface area contributed by atoms with Crippen LogP contribution in [-0.4, -0.2) is 116 Å². The van der Waals surface area contributed by atoms with Crippen LogP contribution in [-0.2, 0) is 36.1 Å². The van der Waals surface area contributed by atoms with Gasteiger partial charge in [0.2, 0.25) is 11.8 Å². The highest BCUT2D eigenvalue weighted by atomic mass is 16.3. The average Bonchev–Trinajstić information content (AvgIpc) is 3.59. The van der Waals surface area contributed by atoms with E-state index in [0.29, 0.717) is 18.7 Å². The van der Waals surface area contributed by atoms with Crippen molar-refractivity contribution in [3.63, 3.8) is 0 Å². The van der Waals surface area contributed by atoms with Gasteiger partial charge in [-0.15, -0.1) is 6.58 Å². The predicted molar refractivity (Wildman–Crippen MR) is 221 cm³/mol. The minimum absolute atomic E-state index is 0.0331. The fourth-order valence-electron chi connectivity index (χ4n) is 8.59. The minimum atomic E-state index is -0.926. The molecule has 2 atom stereocenters. The number of aromatic nitrogens is 1. The molecular formula is C45H48N8O5. The average molecular weight is 781 g/mol. The van der Waals surface area contributed by atoms with E-state index in [1.54, 1.807) is 50.2 Å². The predicted octanol–water partition coefficient (Wildman–Crippen LogP) is 4.58. The van der Waals surface area contributed by atoms with Gasteiger partial charge in [-0.25, -0.2) is 14.8 Å². The van der Waals surface area contributed by atoms with Crippen molar-refractivity contribution in [2.45, 2.75) is 31.7 Å². The Morgan fingerprint density at radius 3 is 2.28 bits per heavy atom. The highest BCUT2D eigenvalue weighted by Crippen LogP contribution is 2.32. The SMILES string of the molecule is C=CCN1CC(=O)N2[C@@H](Cc3ccc(O)cc3)C(=O)N(Cc3cccc4c(C(=O)N5CCN(c6ccccc6)CC5)cn(C)c34)C[C@@H]2N1C(=O)NCc1ccccc1. The highest BCUT2D eigenvalue weighted by molar-refractivity contribution is 6.08. The number of hydrazine groups is 1. The van der Waals surface area contributed by atoms with Crippen molar-refractivity contribution < 1.29 is 24.3 Å². The molecule has 0 spiro atoms. The minimum Gasteiger partial charge on any atom is -0.508 e. The molecular weight excluding hydrogens is 733 g/mol. The lowest BCUT2D eigenvalue weighted by atomic mass is 9.98. The maximum atomic E-state index is 14.7. The van der Waals surface area contributed by atoms with Crippen LogP contribution in [0, 0.1) is 0 Å². The topological polar surface area (TPSA) is 125 Å². The summed E-state index contributed by atoms with van der Waals surface area (Å²) in [5.41, 5.74) is 5.10. The number of anilines is 1. The van der Waals surface area contributed by atoms with Gasteiger partial charge in [0.05, 0.1) is 24.2 Å². The van der Waals surface area contributed by atoms with E-state index in [9.17, 15) is 24.3 Å². The number of para-hydroxylation sites is 2.